The Hall–Kier alpha value is -2.87. The van der Waals surface area contributed by atoms with Crippen LogP contribution in [0.25, 0.3) is 22.2 Å². The number of imidazole rings is 1. The number of fused-ring (bicyclic) bond motifs is 1. The van der Waals surface area contributed by atoms with E-state index in [0.29, 0.717) is 0 Å². The van der Waals surface area contributed by atoms with Crippen molar-refractivity contribution in [2.75, 3.05) is 0 Å². The normalized spacial score (nSPS) is 11.1. The molecule has 0 radical (unpaired) electrons. The standard InChI is InChI=1S/C22H20N2/c1-16-7-3-4-8-20(16)19-13-11-18(12-14-19)15-24-17(2)23-21-9-5-6-10-22(21)24/h3-14H,15H2,1-2H3. The minimum Gasteiger partial charge on any atom is -0.324 e. The second-order valence-electron chi connectivity index (χ2n) is 6.25. The molecule has 0 fully saturated rings. The summed E-state index contributed by atoms with van der Waals surface area (Å²) in [6.45, 7) is 5.08. The average molecular weight is 312 g/mol. The van der Waals surface area contributed by atoms with E-state index in [0.717, 1.165) is 17.9 Å². The van der Waals surface area contributed by atoms with Gasteiger partial charge in [0.2, 0.25) is 0 Å². The van der Waals surface area contributed by atoms with Crippen molar-refractivity contribution in [2.24, 2.45) is 0 Å². The predicted molar refractivity (Wildman–Crippen MR) is 100 cm³/mol. The number of benzene rings is 3. The molecule has 0 N–H and O–H groups in total. The highest BCUT2D eigenvalue weighted by Crippen LogP contribution is 2.24. The van der Waals surface area contributed by atoms with Gasteiger partial charge in [0.05, 0.1) is 11.0 Å². The first-order valence-corrected chi connectivity index (χ1v) is 8.29. The van der Waals surface area contributed by atoms with Crippen LogP contribution in [-0.2, 0) is 6.54 Å². The summed E-state index contributed by atoms with van der Waals surface area (Å²) in [6, 6.07) is 25.7. The maximum atomic E-state index is 4.65. The Kier molecular flexibility index (Phi) is 3.66. The quantitative estimate of drug-likeness (QED) is 0.497. The van der Waals surface area contributed by atoms with Gasteiger partial charge < -0.3 is 4.57 Å². The third-order valence-electron chi connectivity index (χ3n) is 4.60. The van der Waals surface area contributed by atoms with Gasteiger partial charge in [0.1, 0.15) is 5.82 Å². The molecule has 4 rings (SSSR count). The Morgan fingerprint density at radius 2 is 1.50 bits per heavy atom. The molecule has 2 nitrogen and oxygen atoms in total. The molecule has 0 aliphatic heterocycles. The number of aromatic nitrogens is 2. The van der Waals surface area contributed by atoms with E-state index in [9.17, 15) is 0 Å². The lowest BCUT2D eigenvalue weighted by atomic mass is 9.99. The first-order chi connectivity index (χ1) is 11.7. The van der Waals surface area contributed by atoms with Gasteiger partial charge >= 0.3 is 0 Å². The average Bonchev–Trinajstić information content (AvgIpc) is 2.92. The summed E-state index contributed by atoms with van der Waals surface area (Å²) in [7, 11) is 0. The van der Waals surface area contributed by atoms with Crippen molar-refractivity contribution in [3.05, 3.63) is 89.7 Å². The lowest BCUT2D eigenvalue weighted by molar-refractivity contribution is 0.786. The van der Waals surface area contributed by atoms with Crippen LogP contribution in [0.2, 0.25) is 0 Å². The van der Waals surface area contributed by atoms with Crippen LogP contribution in [0.4, 0.5) is 0 Å². The molecular weight excluding hydrogens is 292 g/mol. The molecule has 24 heavy (non-hydrogen) atoms. The maximum absolute atomic E-state index is 4.65. The first kappa shape index (κ1) is 14.7. The Balaban J connectivity index is 1.66. The summed E-state index contributed by atoms with van der Waals surface area (Å²) in [5, 5.41) is 0. The molecule has 3 aromatic carbocycles. The third-order valence-corrected chi connectivity index (χ3v) is 4.60. The van der Waals surface area contributed by atoms with Crippen molar-refractivity contribution in [3.63, 3.8) is 0 Å². The van der Waals surface area contributed by atoms with Crippen molar-refractivity contribution >= 4 is 11.0 Å². The molecule has 2 heteroatoms. The van der Waals surface area contributed by atoms with Crippen LogP contribution in [0, 0.1) is 13.8 Å². The zero-order valence-corrected chi connectivity index (χ0v) is 14.0. The van der Waals surface area contributed by atoms with Gasteiger partial charge in [-0.3, -0.25) is 0 Å². The summed E-state index contributed by atoms with van der Waals surface area (Å²) in [5.41, 5.74) is 7.42. The van der Waals surface area contributed by atoms with Crippen molar-refractivity contribution < 1.29 is 0 Å². The Morgan fingerprint density at radius 1 is 0.792 bits per heavy atom. The maximum Gasteiger partial charge on any atom is 0.107 e. The largest absolute Gasteiger partial charge is 0.324 e. The Bertz CT molecular complexity index is 994. The summed E-state index contributed by atoms with van der Waals surface area (Å²) in [5.74, 6) is 1.05. The topological polar surface area (TPSA) is 17.8 Å². The SMILES string of the molecule is Cc1ccccc1-c1ccc(Cn2c(C)nc3ccccc32)cc1. The van der Waals surface area contributed by atoms with Crippen LogP contribution in [0.1, 0.15) is 17.0 Å². The fourth-order valence-electron chi connectivity index (χ4n) is 3.26. The molecule has 0 unspecified atom stereocenters. The van der Waals surface area contributed by atoms with E-state index in [1.807, 2.05) is 6.07 Å². The molecule has 0 amide bonds. The number of nitrogens with zero attached hydrogens (tertiary/aromatic N) is 2. The van der Waals surface area contributed by atoms with Gasteiger partial charge in [-0.1, -0.05) is 60.7 Å². The smallest absolute Gasteiger partial charge is 0.107 e. The van der Waals surface area contributed by atoms with E-state index in [1.165, 1.54) is 27.8 Å². The number of para-hydroxylation sites is 2. The number of rotatable bonds is 3. The highest BCUT2D eigenvalue weighted by atomic mass is 15.1. The lowest BCUT2D eigenvalue weighted by Crippen LogP contribution is -2.01. The van der Waals surface area contributed by atoms with Gasteiger partial charge in [-0.2, -0.15) is 0 Å². The van der Waals surface area contributed by atoms with Crippen LogP contribution in [0.15, 0.2) is 72.8 Å². The highest BCUT2D eigenvalue weighted by molar-refractivity contribution is 5.76. The zero-order valence-electron chi connectivity index (χ0n) is 14.0. The van der Waals surface area contributed by atoms with Gasteiger partial charge in [-0.25, -0.2) is 4.98 Å². The molecule has 0 aliphatic rings. The second-order valence-corrected chi connectivity index (χ2v) is 6.25. The molecule has 4 aromatic rings. The zero-order chi connectivity index (χ0) is 16.5. The summed E-state index contributed by atoms with van der Waals surface area (Å²) in [6.07, 6.45) is 0. The fraction of sp³-hybridized carbons (Fsp3) is 0.136. The number of aryl methyl sites for hydroxylation is 2. The fourth-order valence-corrected chi connectivity index (χ4v) is 3.26. The van der Waals surface area contributed by atoms with Gasteiger partial charge in [-0.15, -0.1) is 0 Å². The third kappa shape index (κ3) is 2.61. The molecule has 118 valence electrons. The van der Waals surface area contributed by atoms with Crippen molar-refractivity contribution in [1.82, 2.24) is 9.55 Å². The lowest BCUT2D eigenvalue weighted by Gasteiger charge is -2.09. The van der Waals surface area contributed by atoms with E-state index in [2.05, 4.69) is 90.1 Å². The van der Waals surface area contributed by atoms with Crippen LogP contribution >= 0.6 is 0 Å². The first-order valence-electron chi connectivity index (χ1n) is 8.29. The number of hydrogen-bond acceptors (Lipinski definition) is 1. The monoisotopic (exact) mass is 312 g/mol. The molecule has 0 spiro atoms. The van der Waals surface area contributed by atoms with E-state index in [4.69, 9.17) is 0 Å². The predicted octanol–water partition coefficient (Wildman–Crippen LogP) is 5.37. The summed E-state index contributed by atoms with van der Waals surface area (Å²) < 4.78 is 2.28. The summed E-state index contributed by atoms with van der Waals surface area (Å²) >= 11 is 0. The van der Waals surface area contributed by atoms with E-state index in [-0.39, 0.29) is 0 Å². The van der Waals surface area contributed by atoms with E-state index < -0.39 is 0 Å². The van der Waals surface area contributed by atoms with E-state index in [1.54, 1.807) is 0 Å². The van der Waals surface area contributed by atoms with Gasteiger partial charge in [0.25, 0.3) is 0 Å². The van der Waals surface area contributed by atoms with E-state index >= 15 is 0 Å². The number of hydrogen-bond donors (Lipinski definition) is 0. The highest BCUT2D eigenvalue weighted by Gasteiger charge is 2.07. The molecule has 0 bridgehead atoms. The van der Waals surface area contributed by atoms with Crippen LogP contribution in [-0.4, -0.2) is 9.55 Å². The molecule has 0 saturated heterocycles. The second kappa shape index (κ2) is 5.97. The van der Waals surface area contributed by atoms with Crippen molar-refractivity contribution in [2.45, 2.75) is 20.4 Å². The molecule has 1 heterocycles. The molecule has 0 atom stereocenters. The summed E-state index contributed by atoms with van der Waals surface area (Å²) in [4.78, 5) is 4.65. The van der Waals surface area contributed by atoms with Gasteiger partial charge in [-0.05, 0) is 48.2 Å². The molecule has 1 aromatic heterocycles. The van der Waals surface area contributed by atoms with Crippen molar-refractivity contribution in [1.29, 1.82) is 0 Å². The van der Waals surface area contributed by atoms with Gasteiger partial charge in [0, 0.05) is 6.54 Å². The van der Waals surface area contributed by atoms with Crippen LogP contribution in [0.3, 0.4) is 0 Å². The van der Waals surface area contributed by atoms with Crippen molar-refractivity contribution in [3.8, 4) is 11.1 Å². The van der Waals surface area contributed by atoms with Gasteiger partial charge in [0.15, 0.2) is 0 Å². The minimum atomic E-state index is 0.848. The Morgan fingerprint density at radius 3 is 2.29 bits per heavy atom. The molecule has 0 aliphatic carbocycles. The minimum absolute atomic E-state index is 0.848. The molecule has 0 saturated carbocycles. The van der Waals surface area contributed by atoms with Crippen LogP contribution < -0.4 is 0 Å². The Labute approximate surface area is 142 Å². The molecular formula is C22H20N2. The van der Waals surface area contributed by atoms with Crippen LogP contribution in [0.5, 0.6) is 0 Å².